The van der Waals surface area contributed by atoms with Crippen LogP contribution in [0.4, 0.5) is 0 Å². The molecule has 0 saturated carbocycles. The number of rotatable bonds is 7. The van der Waals surface area contributed by atoms with E-state index >= 15 is 0 Å². The number of amides is 1. The van der Waals surface area contributed by atoms with E-state index in [1.54, 1.807) is 60.9 Å². The Morgan fingerprint density at radius 2 is 1.97 bits per heavy atom. The van der Waals surface area contributed by atoms with Gasteiger partial charge in [-0.15, -0.1) is 0 Å². The standard InChI is InChI=1S/C24H22N2O5/c1-2-12-30-18-6-3-5-17(14-18)22(27)20-21(19-7-4-13-31-19)26(24(29)23(20)28)15-16-8-10-25-11-9-16/h3-11,13-14,21,27H,2,12,15H2,1H3. The Balaban J connectivity index is 1.78. The third kappa shape index (κ3) is 4.07. The van der Waals surface area contributed by atoms with E-state index in [1.165, 1.54) is 11.2 Å². The van der Waals surface area contributed by atoms with Crippen molar-refractivity contribution in [2.75, 3.05) is 6.61 Å². The average Bonchev–Trinajstić information content (AvgIpc) is 3.41. The molecule has 3 heterocycles. The molecule has 158 valence electrons. The lowest BCUT2D eigenvalue weighted by atomic mass is 9.99. The average molecular weight is 418 g/mol. The predicted octanol–water partition coefficient (Wildman–Crippen LogP) is 4.09. The number of ketones is 1. The van der Waals surface area contributed by atoms with Crippen LogP contribution in [-0.4, -0.2) is 33.3 Å². The van der Waals surface area contributed by atoms with Gasteiger partial charge in [0.15, 0.2) is 0 Å². The van der Waals surface area contributed by atoms with Crippen molar-refractivity contribution in [3.8, 4) is 5.75 Å². The number of hydrogen-bond acceptors (Lipinski definition) is 6. The maximum Gasteiger partial charge on any atom is 0.296 e. The lowest BCUT2D eigenvalue weighted by molar-refractivity contribution is -0.140. The van der Waals surface area contributed by atoms with Crippen LogP contribution in [0.2, 0.25) is 0 Å². The van der Waals surface area contributed by atoms with Crippen LogP contribution >= 0.6 is 0 Å². The molecule has 0 bridgehead atoms. The van der Waals surface area contributed by atoms with Gasteiger partial charge in [-0.05, 0) is 48.4 Å². The van der Waals surface area contributed by atoms with Crippen molar-refractivity contribution in [2.45, 2.75) is 25.9 Å². The first-order valence-electron chi connectivity index (χ1n) is 10.0. The van der Waals surface area contributed by atoms with E-state index in [0.717, 1.165) is 12.0 Å². The molecule has 1 saturated heterocycles. The fourth-order valence-electron chi connectivity index (χ4n) is 3.58. The molecule has 1 amide bonds. The van der Waals surface area contributed by atoms with Crippen LogP contribution in [0.3, 0.4) is 0 Å². The monoisotopic (exact) mass is 418 g/mol. The summed E-state index contributed by atoms with van der Waals surface area (Å²) >= 11 is 0. The lowest BCUT2D eigenvalue weighted by Crippen LogP contribution is -2.29. The summed E-state index contributed by atoms with van der Waals surface area (Å²) in [6.45, 7) is 2.71. The number of likely N-dealkylation sites (tertiary alicyclic amines) is 1. The third-order valence-corrected chi connectivity index (χ3v) is 5.04. The molecule has 1 aliphatic rings. The molecule has 7 heteroatoms. The van der Waals surface area contributed by atoms with Gasteiger partial charge in [0.25, 0.3) is 11.7 Å². The fourth-order valence-corrected chi connectivity index (χ4v) is 3.58. The highest BCUT2D eigenvalue weighted by molar-refractivity contribution is 6.46. The van der Waals surface area contributed by atoms with Crippen LogP contribution in [-0.2, 0) is 16.1 Å². The summed E-state index contributed by atoms with van der Waals surface area (Å²) in [7, 11) is 0. The van der Waals surface area contributed by atoms with Crippen LogP contribution in [0.1, 0.15) is 36.3 Å². The molecule has 1 fully saturated rings. The highest BCUT2D eigenvalue weighted by atomic mass is 16.5. The van der Waals surface area contributed by atoms with Crippen LogP contribution in [0.25, 0.3) is 5.76 Å². The molecule has 7 nitrogen and oxygen atoms in total. The van der Waals surface area contributed by atoms with Crippen LogP contribution < -0.4 is 4.74 Å². The van der Waals surface area contributed by atoms with Gasteiger partial charge in [0.1, 0.15) is 23.3 Å². The van der Waals surface area contributed by atoms with Crippen LogP contribution in [0.5, 0.6) is 5.75 Å². The second-order valence-corrected chi connectivity index (χ2v) is 7.17. The van der Waals surface area contributed by atoms with E-state index in [1.807, 2.05) is 6.92 Å². The maximum atomic E-state index is 13.0. The summed E-state index contributed by atoms with van der Waals surface area (Å²) in [5.74, 6) is -0.746. The van der Waals surface area contributed by atoms with Crippen molar-refractivity contribution in [1.29, 1.82) is 0 Å². The van der Waals surface area contributed by atoms with E-state index in [2.05, 4.69) is 4.98 Å². The molecule has 2 aromatic heterocycles. The highest BCUT2D eigenvalue weighted by Gasteiger charge is 2.47. The number of pyridine rings is 1. The minimum absolute atomic E-state index is 0.0124. The molecule has 1 N–H and O–H groups in total. The Bertz CT molecular complexity index is 1110. The zero-order chi connectivity index (χ0) is 21.8. The molecular weight excluding hydrogens is 396 g/mol. The Kier molecular flexibility index (Phi) is 5.84. The smallest absolute Gasteiger partial charge is 0.296 e. The van der Waals surface area contributed by atoms with Crippen molar-refractivity contribution >= 4 is 17.4 Å². The van der Waals surface area contributed by atoms with E-state index in [0.29, 0.717) is 23.7 Å². The number of carbonyl (C=O) groups excluding carboxylic acids is 2. The maximum absolute atomic E-state index is 13.0. The Labute approximate surface area is 179 Å². The summed E-state index contributed by atoms with van der Waals surface area (Å²) in [5.41, 5.74) is 1.19. The summed E-state index contributed by atoms with van der Waals surface area (Å²) in [6.07, 6.45) is 5.56. The molecule has 1 unspecified atom stereocenters. The quantitative estimate of drug-likeness (QED) is 0.353. The first-order chi connectivity index (χ1) is 15.1. The second-order valence-electron chi connectivity index (χ2n) is 7.17. The molecule has 0 spiro atoms. The van der Waals surface area contributed by atoms with Gasteiger partial charge in [0.05, 0.1) is 18.4 Å². The second kappa shape index (κ2) is 8.87. The molecule has 4 rings (SSSR count). The third-order valence-electron chi connectivity index (χ3n) is 5.04. The number of aliphatic hydroxyl groups excluding tert-OH is 1. The Morgan fingerprint density at radius 1 is 1.16 bits per heavy atom. The number of aromatic nitrogens is 1. The first kappa shape index (κ1) is 20.4. The van der Waals surface area contributed by atoms with Crippen molar-refractivity contribution in [1.82, 2.24) is 9.88 Å². The number of furan rings is 1. The number of Topliss-reactive ketones (excluding diaryl/α,β-unsaturated/α-hetero) is 1. The largest absolute Gasteiger partial charge is 0.507 e. The predicted molar refractivity (Wildman–Crippen MR) is 113 cm³/mol. The van der Waals surface area contributed by atoms with Crippen LogP contribution in [0, 0.1) is 0 Å². The van der Waals surface area contributed by atoms with Gasteiger partial charge < -0.3 is 19.2 Å². The number of hydrogen-bond donors (Lipinski definition) is 1. The summed E-state index contributed by atoms with van der Waals surface area (Å²) < 4.78 is 11.2. The van der Waals surface area contributed by atoms with E-state index in [9.17, 15) is 14.7 Å². The Morgan fingerprint density at radius 3 is 2.68 bits per heavy atom. The van der Waals surface area contributed by atoms with E-state index in [-0.39, 0.29) is 17.9 Å². The topological polar surface area (TPSA) is 92.9 Å². The van der Waals surface area contributed by atoms with Crippen molar-refractivity contribution < 1.29 is 23.8 Å². The molecule has 1 aromatic carbocycles. The summed E-state index contributed by atoms with van der Waals surface area (Å²) in [5, 5.41) is 11.1. The number of benzene rings is 1. The zero-order valence-corrected chi connectivity index (χ0v) is 17.0. The lowest BCUT2D eigenvalue weighted by Gasteiger charge is -2.23. The molecule has 3 aromatic rings. The van der Waals surface area contributed by atoms with Gasteiger partial charge in [-0.2, -0.15) is 0 Å². The van der Waals surface area contributed by atoms with E-state index in [4.69, 9.17) is 9.15 Å². The van der Waals surface area contributed by atoms with Gasteiger partial charge in [0.2, 0.25) is 0 Å². The minimum atomic E-state index is -0.844. The molecule has 0 aliphatic carbocycles. The number of aliphatic hydroxyl groups is 1. The van der Waals surface area contributed by atoms with Crippen molar-refractivity contribution in [2.24, 2.45) is 0 Å². The minimum Gasteiger partial charge on any atom is -0.507 e. The number of ether oxygens (including phenoxy) is 1. The normalized spacial score (nSPS) is 17.8. The summed E-state index contributed by atoms with van der Waals surface area (Å²) in [4.78, 5) is 31.3. The van der Waals surface area contributed by atoms with Gasteiger partial charge in [-0.3, -0.25) is 14.6 Å². The fraction of sp³-hybridized carbons (Fsp3) is 0.208. The molecular formula is C24H22N2O5. The highest BCUT2D eigenvalue weighted by Crippen LogP contribution is 2.40. The van der Waals surface area contributed by atoms with Crippen molar-refractivity contribution in [3.05, 3.63) is 89.6 Å². The molecule has 1 aliphatic heterocycles. The first-order valence-corrected chi connectivity index (χ1v) is 10.0. The van der Waals surface area contributed by atoms with Gasteiger partial charge >= 0.3 is 0 Å². The number of nitrogens with zero attached hydrogens (tertiary/aromatic N) is 2. The van der Waals surface area contributed by atoms with Gasteiger partial charge in [-0.25, -0.2) is 0 Å². The molecule has 1 atom stereocenters. The number of carbonyl (C=O) groups is 2. The van der Waals surface area contributed by atoms with Gasteiger partial charge in [0, 0.05) is 24.5 Å². The Hall–Kier alpha value is -3.87. The van der Waals surface area contributed by atoms with Gasteiger partial charge in [-0.1, -0.05) is 19.1 Å². The van der Waals surface area contributed by atoms with Crippen LogP contribution in [0.15, 0.2) is 77.2 Å². The molecule has 0 radical (unpaired) electrons. The summed E-state index contributed by atoms with van der Waals surface area (Å²) in [6, 6.07) is 12.9. The van der Waals surface area contributed by atoms with E-state index < -0.39 is 17.7 Å². The van der Waals surface area contributed by atoms with Crippen molar-refractivity contribution in [3.63, 3.8) is 0 Å². The zero-order valence-electron chi connectivity index (χ0n) is 17.0. The molecule has 31 heavy (non-hydrogen) atoms. The SMILES string of the molecule is CCCOc1cccc(C(O)=C2C(=O)C(=O)N(Cc3ccncc3)C2c2ccco2)c1.